The van der Waals surface area contributed by atoms with Crippen LogP contribution in [0.4, 0.5) is 0 Å². The van der Waals surface area contributed by atoms with Crippen LogP contribution in [-0.2, 0) is 13.1 Å². The minimum atomic E-state index is 0.517. The SMILES string of the molecule is CN=C(NCc1cccc(OCC(C)C)c1)N1CCN(Cc2ccon2)CC1. The maximum atomic E-state index is 5.83. The van der Waals surface area contributed by atoms with Crippen molar-refractivity contribution in [3.8, 4) is 5.75 Å². The van der Waals surface area contributed by atoms with Crippen LogP contribution in [0, 0.1) is 5.92 Å². The lowest BCUT2D eigenvalue weighted by Gasteiger charge is -2.36. The summed E-state index contributed by atoms with van der Waals surface area (Å²) in [4.78, 5) is 9.15. The standard InChI is InChI=1S/C21H31N5O2/c1-17(2)16-27-20-6-4-5-18(13-20)14-23-21(22-3)26-10-8-25(9-11-26)15-19-7-12-28-24-19/h4-7,12-13,17H,8-11,14-16H2,1-3H3,(H,22,23). The predicted molar refractivity (Wildman–Crippen MR) is 110 cm³/mol. The molecule has 1 saturated heterocycles. The van der Waals surface area contributed by atoms with Gasteiger partial charge < -0.3 is 19.5 Å². The zero-order valence-corrected chi connectivity index (χ0v) is 17.1. The third-order valence-corrected chi connectivity index (χ3v) is 4.69. The second-order valence-electron chi connectivity index (χ2n) is 7.51. The van der Waals surface area contributed by atoms with Crippen LogP contribution in [0.3, 0.4) is 0 Å². The van der Waals surface area contributed by atoms with Gasteiger partial charge in [-0.25, -0.2) is 0 Å². The van der Waals surface area contributed by atoms with E-state index < -0.39 is 0 Å². The van der Waals surface area contributed by atoms with Crippen molar-refractivity contribution in [2.75, 3.05) is 39.8 Å². The zero-order valence-electron chi connectivity index (χ0n) is 17.1. The quantitative estimate of drug-likeness (QED) is 0.584. The van der Waals surface area contributed by atoms with Crippen LogP contribution in [0.15, 0.2) is 46.1 Å². The van der Waals surface area contributed by atoms with Gasteiger partial charge in [0.25, 0.3) is 0 Å². The number of piperazine rings is 1. The minimum Gasteiger partial charge on any atom is -0.493 e. The fraction of sp³-hybridized carbons (Fsp3) is 0.524. The highest BCUT2D eigenvalue weighted by Gasteiger charge is 2.20. The van der Waals surface area contributed by atoms with E-state index in [1.165, 1.54) is 5.56 Å². The lowest BCUT2D eigenvalue weighted by molar-refractivity contribution is 0.169. The van der Waals surface area contributed by atoms with E-state index in [0.29, 0.717) is 5.92 Å². The van der Waals surface area contributed by atoms with Gasteiger partial charge in [0.15, 0.2) is 5.96 Å². The molecule has 0 saturated carbocycles. The van der Waals surface area contributed by atoms with E-state index >= 15 is 0 Å². The summed E-state index contributed by atoms with van der Waals surface area (Å²) < 4.78 is 10.7. The fourth-order valence-corrected chi connectivity index (χ4v) is 3.19. The summed E-state index contributed by atoms with van der Waals surface area (Å²) >= 11 is 0. The molecule has 0 spiro atoms. The Labute approximate surface area is 167 Å². The molecule has 1 N–H and O–H groups in total. The minimum absolute atomic E-state index is 0.517. The molecule has 28 heavy (non-hydrogen) atoms. The van der Waals surface area contributed by atoms with E-state index in [0.717, 1.165) is 63.3 Å². The average molecular weight is 386 g/mol. The van der Waals surface area contributed by atoms with Gasteiger partial charge in [-0.2, -0.15) is 0 Å². The monoisotopic (exact) mass is 385 g/mol. The summed E-state index contributed by atoms with van der Waals surface area (Å²) in [5.41, 5.74) is 2.17. The Morgan fingerprint density at radius 3 is 2.75 bits per heavy atom. The molecule has 152 valence electrons. The van der Waals surface area contributed by atoms with Crippen molar-refractivity contribution in [2.24, 2.45) is 10.9 Å². The molecule has 2 aromatic rings. The highest BCUT2D eigenvalue weighted by atomic mass is 16.5. The van der Waals surface area contributed by atoms with E-state index in [9.17, 15) is 0 Å². The lowest BCUT2D eigenvalue weighted by Crippen LogP contribution is -2.52. The molecular formula is C21H31N5O2. The number of ether oxygens (including phenoxy) is 1. The number of nitrogens with one attached hydrogen (secondary N) is 1. The number of benzene rings is 1. The third-order valence-electron chi connectivity index (χ3n) is 4.69. The van der Waals surface area contributed by atoms with E-state index in [4.69, 9.17) is 9.26 Å². The van der Waals surface area contributed by atoms with Crippen molar-refractivity contribution in [1.82, 2.24) is 20.3 Å². The lowest BCUT2D eigenvalue weighted by atomic mass is 10.2. The highest BCUT2D eigenvalue weighted by Crippen LogP contribution is 2.14. The van der Waals surface area contributed by atoms with Crippen molar-refractivity contribution < 1.29 is 9.26 Å². The van der Waals surface area contributed by atoms with Gasteiger partial charge >= 0.3 is 0 Å². The smallest absolute Gasteiger partial charge is 0.194 e. The van der Waals surface area contributed by atoms with Gasteiger partial charge in [0.05, 0.1) is 12.3 Å². The van der Waals surface area contributed by atoms with Crippen LogP contribution in [0.25, 0.3) is 0 Å². The van der Waals surface area contributed by atoms with Crippen LogP contribution >= 0.6 is 0 Å². The zero-order chi connectivity index (χ0) is 19.8. The maximum Gasteiger partial charge on any atom is 0.194 e. The van der Waals surface area contributed by atoms with Gasteiger partial charge in [-0.05, 0) is 23.6 Å². The number of aromatic nitrogens is 1. The number of nitrogens with zero attached hydrogens (tertiary/aromatic N) is 4. The van der Waals surface area contributed by atoms with Gasteiger partial charge in [-0.3, -0.25) is 9.89 Å². The normalized spacial score (nSPS) is 15.9. The molecule has 0 bridgehead atoms. The molecule has 0 unspecified atom stereocenters. The number of hydrogen-bond acceptors (Lipinski definition) is 5. The van der Waals surface area contributed by atoms with Gasteiger partial charge in [0.2, 0.25) is 0 Å². The molecule has 7 nitrogen and oxygen atoms in total. The molecule has 2 heterocycles. The van der Waals surface area contributed by atoms with Gasteiger partial charge in [0.1, 0.15) is 12.0 Å². The first-order valence-corrected chi connectivity index (χ1v) is 9.93. The number of rotatable bonds is 7. The first-order valence-electron chi connectivity index (χ1n) is 9.93. The molecule has 1 aliphatic rings. The summed E-state index contributed by atoms with van der Waals surface area (Å²) in [5.74, 6) is 2.38. The first-order chi connectivity index (χ1) is 13.6. The summed E-state index contributed by atoms with van der Waals surface area (Å²) in [5, 5.41) is 7.48. The van der Waals surface area contributed by atoms with Crippen LogP contribution in [0.1, 0.15) is 25.1 Å². The number of guanidine groups is 1. The predicted octanol–water partition coefficient (Wildman–Crippen LogP) is 2.60. The molecule has 1 aromatic heterocycles. The fourth-order valence-electron chi connectivity index (χ4n) is 3.19. The second-order valence-corrected chi connectivity index (χ2v) is 7.51. The molecule has 7 heteroatoms. The van der Waals surface area contributed by atoms with E-state index in [-0.39, 0.29) is 0 Å². The Kier molecular flexibility index (Phi) is 7.31. The highest BCUT2D eigenvalue weighted by molar-refractivity contribution is 5.80. The topological polar surface area (TPSA) is 66.1 Å². The Balaban J connectivity index is 1.47. The van der Waals surface area contributed by atoms with Crippen molar-refractivity contribution in [3.63, 3.8) is 0 Å². The number of hydrogen-bond donors (Lipinski definition) is 1. The second kappa shape index (κ2) is 10.1. The molecule has 1 aliphatic heterocycles. The van der Waals surface area contributed by atoms with Crippen LogP contribution in [0.2, 0.25) is 0 Å². The van der Waals surface area contributed by atoms with Gasteiger partial charge in [-0.15, -0.1) is 0 Å². The largest absolute Gasteiger partial charge is 0.493 e. The Bertz CT molecular complexity index is 737. The Hall–Kier alpha value is -2.54. The first kappa shape index (κ1) is 20.2. The molecule has 1 aromatic carbocycles. The Morgan fingerprint density at radius 1 is 1.25 bits per heavy atom. The van der Waals surface area contributed by atoms with E-state index in [2.05, 4.69) is 51.2 Å². The molecular weight excluding hydrogens is 354 g/mol. The summed E-state index contributed by atoms with van der Waals surface area (Å²) in [7, 11) is 1.84. The Morgan fingerprint density at radius 2 is 2.07 bits per heavy atom. The maximum absolute atomic E-state index is 5.83. The van der Waals surface area contributed by atoms with Crippen LogP contribution in [0.5, 0.6) is 5.75 Å². The van der Waals surface area contributed by atoms with Crippen LogP contribution < -0.4 is 10.1 Å². The van der Waals surface area contributed by atoms with Crippen molar-refractivity contribution in [2.45, 2.75) is 26.9 Å². The van der Waals surface area contributed by atoms with Crippen molar-refractivity contribution >= 4 is 5.96 Å². The molecule has 3 rings (SSSR count). The molecule has 0 aliphatic carbocycles. The van der Waals surface area contributed by atoms with Crippen LogP contribution in [-0.4, -0.2) is 60.7 Å². The average Bonchev–Trinajstić information content (AvgIpc) is 3.21. The molecule has 1 fully saturated rings. The molecule has 0 radical (unpaired) electrons. The summed E-state index contributed by atoms with van der Waals surface area (Å²) in [6.45, 7) is 10.4. The summed E-state index contributed by atoms with van der Waals surface area (Å²) in [6, 6.07) is 10.2. The molecule has 0 atom stereocenters. The summed E-state index contributed by atoms with van der Waals surface area (Å²) in [6.07, 6.45) is 1.63. The third kappa shape index (κ3) is 5.99. The van der Waals surface area contributed by atoms with E-state index in [1.807, 2.05) is 25.2 Å². The van der Waals surface area contributed by atoms with Gasteiger partial charge in [-0.1, -0.05) is 31.1 Å². The van der Waals surface area contributed by atoms with Gasteiger partial charge in [0, 0.05) is 52.4 Å². The number of aliphatic imine (C=N–C) groups is 1. The molecule has 0 amide bonds. The van der Waals surface area contributed by atoms with Crippen molar-refractivity contribution in [3.05, 3.63) is 47.9 Å². The van der Waals surface area contributed by atoms with E-state index in [1.54, 1.807) is 6.26 Å². The van der Waals surface area contributed by atoms with Crippen molar-refractivity contribution in [1.29, 1.82) is 0 Å².